The molecule has 0 aliphatic carbocycles. The van der Waals surface area contributed by atoms with Gasteiger partial charge in [0, 0.05) is 35.7 Å². The van der Waals surface area contributed by atoms with Gasteiger partial charge in [-0.1, -0.05) is 12.1 Å². The highest BCUT2D eigenvalue weighted by Gasteiger charge is 2.26. The van der Waals surface area contributed by atoms with E-state index in [4.69, 9.17) is 4.42 Å². The van der Waals surface area contributed by atoms with Gasteiger partial charge in [0.2, 0.25) is 5.89 Å². The van der Waals surface area contributed by atoms with Crippen LogP contribution in [0.2, 0.25) is 0 Å². The number of nitriles is 1. The molecule has 1 N–H and O–H groups in total. The lowest BCUT2D eigenvalue weighted by Crippen LogP contribution is -2.13. The Bertz CT molecular complexity index is 1200. The number of fused-ring (bicyclic) bond motifs is 2. The van der Waals surface area contributed by atoms with E-state index in [1.807, 2.05) is 6.07 Å². The molecule has 0 fully saturated rings. The number of hydrogen-bond acceptors (Lipinski definition) is 6. The summed E-state index contributed by atoms with van der Waals surface area (Å²) in [6.07, 6.45) is 1.55. The lowest BCUT2D eigenvalue weighted by atomic mass is 9.98. The standard InChI is InChI=1S/C19H12N4O4/c20-9-14(19-22-16-3-1-2-4-18(16)27-19)17(24)7-11-10-21-15-6-5-12(23(25)26)8-13(11)15/h1-6,8,10,14,21H,7H2. The number of aromatic nitrogens is 2. The maximum absolute atomic E-state index is 12.7. The molecule has 2 aromatic heterocycles. The van der Waals surface area contributed by atoms with Gasteiger partial charge in [-0.05, 0) is 23.8 Å². The smallest absolute Gasteiger partial charge is 0.270 e. The summed E-state index contributed by atoms with van der Waals surface area (Å²) < 4.78 is 5.55. The van der Waals surface area contributed by atoms with Crippen LogP contribution in [0.1, 0.15) is 17.4 Å². The molecule has 1 atom stereocenters. The number of Topliss-reactive ketones (excluding diaryl/α,β-unsaturated/α-hetero) is 1. The van der Waals surface area contributed by atoms with E-state index in [1.165, 1.54) is 12.1 Å². The number of benzene rings is 2. The number of carbonyl (C=O) groups is 1. The number of para-hydroxylation sites is 2. The molecule has 0 aliphatic heterocycles. The van der Waals surface area contributed by atoms with Gasteiger partial charge in [-0.3, -0.25) is 14.9 Å². The van der Waals surface area contributed by atoms with Crippen molar-refractivity contribution >= 4 is 33.5 Å². The van der Waals surface area contributed by atoms with Crippen LogP contribution < -0.4 is 0 Å². The highest BCUT2D eigenvalue weighted by atomic mass is 16.6. The summed E-state index contributed by atoms with van der Waals surface area (Å²) in [5.41, 5.74) is 2.27. The number of rotatable bonds is 5. The number of H-pyrrole nitrogens is 1. The molecule has 0 saturated carbocycles. The predicted octanol–water partition coefficient (Wildman–Crippen LogP) is 3.64. The quantitative estimate of drug-likeness (QED) is 0.428. The van der Waals surface area contributed by atoms with Crippen molar-refractivity contribution in [1.29, 1.82) is 5.26 Å². The molecule has 2 heterocycles. The van der Waals surface area contributed by atoms with Gasteiger partial charge in [0.15, 0.2) is 17.3 Å². The summed E-state index contributed by atoms with van der Waals surface area (Å²) in [5, 5.41) is 21.0. The van der Waals surface area contributed by atoms with E-state index >= 15 is 0 Å². The molecule has 8 heteroatoms. The second kappa shape index (κ2) is 6.38. The molecular formula is C19H12N4O4. The van der Waals surface area contributed by atoms with Crippen LogP contribution in [0.15, 0.2) is 53.1 Å². The molecule has 0 bridgehead atoms. The monoisotopic (exact) mass is 360 g/mol. The summed E-state index contributed by atoms with van der Waals surface area (Å²) in [4.78, 5) is 30.4. The molecule has 0 amide bonds. The van der Waals surface area contributed by atoms with E-state index in [9.17, 15) is 20.2 Å². The minimum atomic E-state index is -1.15. The molecule has 0 radical (unpaired) electrons. The Kier molecular flexibility index (Phi) is 3.90. The number of nitro benzene ring substituents is 1. The van der Waals surface area contributed by atoms with Crippen molar-refractivity contribution in [3.8, 4) is 6.07 Å². The number of nitrogens with one attached hydrogen (secondary N) is 1. The normalized spacial score (nSPS) is 12.1. The van der Waals surface area contributed by atoms with Crippen LogP contribution in [-0.4, -0.2) is 20.7 Å². The second-order valence-corrected chi connectivity index (χ2v) is 6.03. The third kappa shape index (κ3) is 2.91. The highest BCUT2D eigenvalue weighted by molar-refractivity contribution is 5.94. The molecule has 8 nitrogen and oxygen atoms in total. The summed E-state index contributed by atoms with van der Waals surface area (Å²) in [6.45, 7) is 0. The van der Waals surface area contributed by atoms with Crippen molar-refractivity contribution in [1.82, 2.24) is 9.97 Å². The topological polar surface area (TPSA) is 126 Å². The molecule has 27 heavy (non-hydrogen) atoms. The van der Waals surface area contributed by atoms with Gasteiger partial charge in [-0.25, -0.2) is 4.98 Å². The van der Waals surface area contributed by atoms with Gasteiger partial charge in [0.25, 0.3) is 5.69 Å². The fourth-order valence-electron chi connectivity index (χ4n) is 2.99. The summed E-state index contributed by atoms with van der Waals surface area (Å²) >= 11 is 0. The Balaban J connectivity index is 1.66. The Labute approximate surface area is 152 Å². The fraction of sp³-hybridized carbons (Fsp3) is 0.105. The average molecular weight is 360 g/mol. The molecular weight excluding hydrogens is 348 g/mol. The maximum Gasteiger partial charge on any atom is 0.270 e. The van der Waals surface area contributed by atoms with Gasteiger partial charge in [-0.2, -0.15) is 5.26 Å². The third-order valence-corrected chi connectivity index (χ3v) is 4.33. The van der Waals surface area contributed by atoms with Gasteiger partial charge in [0.05, 0.1) is 11.0 Å². The summed E-state index contributed by atoms with van der Waals surface area (Å²) in [7, 11) is 0. The molecule has 2 aromatic carbocycles. The van der Waals surface area contributed by atoms with Gasteiger partial charge in [-0.15, -0.1) is 0 Å². The van der Waals surface area contributed by atoms with Crippen molar-refractivity contribution in [3.05, 3.63) is 70.2 Å². The van der Waals surface area contributed by atoms with Crippen molar-refractivity contribution in [2.24, 2.45) is 0 Å². The first-order valence-electron chi connectivity index (χ1n) is 8.09. The van der Waals surface area contributed by atoms with E-state index in [-0.39, 0.29) is 18.0 Å². The molecule has 0 spiro atoms. The lowest BCUT2D eigenvalue weighted by molar-refractivity contribution is -0.384. The van der Waals surface area contributed by atoms with Crippen LogP contribution in [0.5, 0.6) is 0 Å². The Hall–Kier alpha value is -3.99. The molecule has 4 rings (SSSR count). The van der Waals surface area contributed by atoms with Crippen LogP contribution >= 0.6 is 0 Å². The van der Waals surface area contributed by atoms with Crippen molar-refractivity contribution in [2.75, 3.05) is 0 Å². The van der Waals surface area contributed by atoms with Crippen molar-refractivity contribution in [2.45, 2.75) is 12.3 Å². The number of nitro groups is 1. The van der Waals surface area contributed by atoms with E-state index < -0.39 is 16.6 Å². The lowest BCUT2D eigenvalue weighted by Gasteiger charge is -2.03. The first-order chi connectivity index (χ1) is 13.1. The second-order valence-electron chi connectivity index (χ2n) is 6.03. The zero-order chi connectivity index (χ0) is 19.0. The van der Waals surface area contributed by atoms with E-state index in [1.54, 1.807) is 36.5 Å². The number of aromatic amines is 1. The number of non-ortho nitro benzene ring substituents is 1. The van der Waals surface area contributed by atoms with E-state index in [2.05, 4.69) is 9.97 Å². The number of carbonyl (C=O) groups excluding carboxylic acids is 1. The van der Waals surface area contributed by atoms with Gasteiger partial charge >= 0.3 is 0 Å². The number of hydrogen-bond donors (Lipinski definition) is 1. The minimum absolute atomic E-state index is 0.0505. The Morgan fingerprint density at radius 3 is 2.89 bits per heavy atom. The number of ketones is 1. The fourth-order valence-corrected chi connectivity index (χ4v) is 2.99. The van der Waals surface area contributed by atoms with Crippen LogP contribution in [0.25, 0.3) is 22.0 Å². The number of nitrogens with zero attached hydrogens (tertiary/aromatic N) is 3. The highest BCUT2D eigenvalue weighted by Crippen LogP contribution is 2.27. The van der Waals surface area contributed by atoms with E-state index in [0.29, 0.717) is 27.6 Å². The van der Waals surface area contributed by atoms with Crippen LogP contribution in [0.3, 0.4) is 0 Å². The van der Waals surface area contributed by atoms with E-state index in [0.717, 1.165) is 0 Å². The van der Waals surface area contributed by atoms with Crippen LogP contribution in [0, 0.1) is 21.4 Å². The average Bonchev–Trinajstić information content (AvgIpc) is 3.26. The zero-order valence-electron chi connectivity index (χ0n) is 13.9. The molecule has 4 aromatic rings. The first kappa shape index (κ1) is 16.5. The molecule has 0 aliphatic rings. The van der Waals surface area contributed by atoms with Gasteiger partial charge in [0.1, 0.15) is 5.52 Å². The molecule has 0 saturated heterocycles. The zero-order valence-corrected chi connectivity index (χ0v) is 13.9. The predicted molar refractivity (Wildman–Crippen MR) is 96.0 cm³/mol. The first-order valence-corrected chi connectivity index (χ1v) is 8.09. The minimum Gasteiger partial charge on any atom is -0.439 e. The Morgan fingerprint density at radius 1 is 1.33 bits per heavy atom. The summed E-state index contributed by atoms with van der Waals surface area (Å²) in [6, 6.07) is 13.3. The molecule has 1 unspecified atom stereocenters. The number of oxazole rings is 1. The summed E-state index contributed by atoms with van der Waals surface area (Å²) in [5.74, 6) is -1.49. The Morgan fingerprint density at radius 2 is 2.15 bits per heavy atom. The SMILES string of the molecule is N#CC(C(=O)Cc1c[nH]c2ccc([N+](=O)[O-])cc12)c1nc2ccccc2o1. The van der Waals surface area contributed by atoms with Crippen molar-refractivity contribution < 1.29 is 14.1 Å². The van der Waals surface area contributed by atoms with Crippen LogP contribution in [-0.2, 0) is 11.2 Å². The van der Waals surface area contributed by atoms with Crippen molar-refractivity contribution in [3.63, 3.8) is 0 Å². The van der Waals surface area contributed by atoms with Crippen LogP contribution in [0.4, 0.5) is 5.69 Å². The maximum atomic E-state index is 12.7. The van der Waals surface area contributed by atoms with Gasteiger partial charge < -0.3 is 9.40 Å². The molecule has 132 valence electrons. The third-order valence-electron chi connectivity index (χ3n) is 4.33. The largest absolute Gasteiger partial charge is 0.439 e.